The highest BCUT2D eigenvalue weighted by molar-refractivity contribution is 14.1. The number of rotatable bonds is 8. The van der Waals surface area contributed by atoms with Gasteiger partial charge in [-0.15, -0.1) is 0 Å². The third-order valence-electron chi connectivity index (χ3n) is 6.22. The maximum atomic E-state index is 13.2. The van der Waals surface area contributed by atoms with Gasteiger partial charge in [0.15, 0.2) is 0 Å². The van der Waals surface area contributed by atoms with Gasteiger partial charge in [0, 0.05) is 53.4 Å². The number of hydrogen-bond donors (Lipinski definition) is 3. The van der Waals surface area contributed by atoms with E-state index in [4.69, 9.17) is 5.73 Å². The van der Waals surface area contributed by atoms with Gasteiger partial charge in [-0.2, -0.15) is 0 Å². The zero-order valence-electron chi connectivity index (χ0n) is 19.9. The molecule has 1 atom stereocenters. The van der Waals surface area contributed by atoms with E-state index in [1.165, 1.54) is 0 Å². The molecule has 0 bridgehead atoms. The van der Waals surface area contributed by atoms with E-state index in [-0.39, 0.29) is 18.2 Å². The molecule has 1 aromatic heterocycles. The number of halogens is 1. The summed E-state index contributed by atoms with van der Waals surface area (Å²) in [4.78, 5) is 36.8. The second-order valence-electron chi connectivity index (χ2n) is 8.86. The van der Waals surface area contributed by atoms with Crippen molar-refractivity contribution in [2.24, 2.45) is 10.7 Å². The molecular weight excluding hydrogens is 555 g/mol. The normalized spacial score (nSPS) is 17.1. The van der Waals surface area contributed by atoms with E-state index in [0.717, 1.165) is 41.5 Å². The fraction of sp³-hybridized carbons (Fsp3) is 0.385. The molecule has 9 heteroatoms. The fourth-order valence-corrected chi connectivity index (χ4v) is 5.03. The summed E-state index contributed by atoms with van der Waals surface area (Å²) < 4.78 is 0.866. The first-order valence-electron chi connectivity index (χ1n) is 12.0. The summed E-state index contributed by atoms with van der Waals surface area (Å²) in [6.07, 6.45) is 7.61. The number of carbonyl (C=O) groups excluding carboxylic acids is 2. The van der Waals surface area contributed by atoms with E-state index in [9.17, 15) is 9.59 Å². The van der Waals surface area contributed by atoms with Gasteiger partial charge in [-0.1, -0.05) is 35.6 Å². The molecule has 1 fully saturated rings. The number of hydrogen-bond acceptors (Lipinski definition) is 6. The van der Waals surface area contributed by atoms with E-state index in [0.29, 0.717) is 47.4 Å². The van der Waals surface area contributed by atoms with Crippen LogP contribution in [-0.4, -0.2) is 58.1 Å². The van der Waals surface area contributed by atoms with E-state index >= 15 is 0 Å². The Kier molecular flexibility index (Phi) is 8.50. The lowest BCUT2D eigenvalue weighted by atomic mass is 10.00. The molecular formula is C26H31IN6O2. The fourth-order valence-electron chi connectivity index (χ4n) is 4.45. The van der Waals surface area contributed by atoms with Crippen LogP contribution in [0.4, 0.5) is 11.4 Å². The Hall–Kier alpha value is -2.79. The van der Waals surface area contributed by atoms with Crippen molar-refractivity contribution in [2.75, 3.05) is 35.9 Å². The monoisotopic (exact) mass is 586 g/mol. The Labute approximate surface area is 219 Å². The molecule has 1 saturated heterocycles. The number of nitrogens with one attached hydrogen (secondary N) is 2. The molecule has 2 aromatic rings. The highest BCUT2D eigenvalue weighted by atomic mass is 127. The SMILES string of the molecule is CCCN(CCI)C(=O)C1=Cc2ccc(C(=O)Nc3cncc(C4CCNC4)c3)cc2N=C(N)C1. The average Bonchev–Trinajstić information content (AvgIpc) is 3.33. The number of aromatic nitrogens is 1. The van der Waals surface area contributed by atoms with Crippen LogP contribution in [0.5, 0.6) is 0 Å². The first kappa shape index (κ1) is 25.3. The molecule has 1 unspecified atom stereocenters. The molecule has 4 N–H and O–H groups in total. The lowest BCUT2D eigenvalue weighted by Crippen LogP contribution is -2.35. The number of nitrogens with two attached hydrogens (primary N) is 1. The molecule has 0 radical (unpaired) electrons. The maximum absolute atomic E-state index is 13.2. The largest absolute Gasteiger partial charge is 0.387 e. The van der Waals surface area contributed by atoms with Crippen LogP contribution in [0.25, 0.3) is 6.08 Å². The molecule has 0 spiro atoms. The topological polar surface area (TPSA) is 113 Å². The zero-order valence-corrected chi connectivity index (χ0v) is 22.0. The predicted octanol–water partition coefficient (Wildman–Crippen LogP) is 3.86. The number of anilines is 1. The lowest BCUT2D eigenvalue weighted by molar-refractivity contribution is -0.126. The van der Waals surface area contributed by atoms with Gasteiger partial charge in [0.05, 0.1) is 17.6 Å². The van der Waals surface area contributed by atoms with Crippen molar-refractivity contribution in [1.29, 1.82) is 0 Å². The Bertz CT molecular complexity index is 1150. The van der Waals surface area contributed by atoms with Crippen molar-refractivity contribution in [3.63, 3.8) is 0 Å². The van der Waals surface area contributed by atoms with E-state index < -0.39 is 0 Å². The standard InChI is InChI=1S/C26H31IN6O2/c1-2-8-33(9-6-27)26(35)20-10-17-3-4-18(12-23(17)32-24(28)13-20)25(34)31-22-11-21(15-30-16-22)19-5-7-29-14-19/h3-4,10-12,15-16,19,29H,2,5-9,13-14H2,1H3,(H2,28,32)(H,31,34). The minimum Gasteiger partial charge on any atom is -0.387 e. The minimum atomic E-state index is -0.245. The number of alkyl halides is 1. The van der Waals surface area contributed by atoms with Gasteiger partial charge in [-0.05, 0) is 55.1 Å². The van der Waals surface area contributed by atoms with Crippen molar-refractivity contribution in [2.45, 2.75) is 32.1 Å². The van der Waals surface area contributed by atoms with Crippen molar-refractivity contribution < 1.29 is 9.59 Å². The van der Waals surface area contributed by atoms with Gasteiger partial charge in [-0.25, -0.2) is 4.99 Å². The smallest absolute Gasteiger partial charge is 0.255 e. The average molecular weight is 586 g/mol. The molecule has 0 saturated carbocycles. The Morgan fingerprint density at radius 2 is 2.11 bits per heavy atom. The molecule has 2 amide bonds. The number of amides is 2. The Balaban J connectivity index is 1.54. The first-order chi connectivity index (χ1) is 17.0. The number of aliphatic imine (C=N–C) groups is 1. The molecule has 1 aromatic carbocycles. The number of pyridine rings is 1. The summed E-state index contributed by atoms with van der Waals surface area (Å²) in [7, 11) is 0. The van der Waals surface area contributed by atoms with E-state index in [2.05, 4.69) is 50.1 Å². The summed E-state index contributed by atoms with van der Waals surface area (Å²) in [6, 6.07) is 7.27. The number of nitrogens with zero attached hydrogens (tertiary/aromatic N) is 3. The maximum Gasteiger partial charge on any atom is 0.255 e. The quantitative estimate of drug-likeness (QED) is 0.321. The van der Waals surface area contributed by atoms with Crippen LogP contribution < -0.4 is 16.4 Å². The second-order valence-corrected chi connectivity index (χ2v) is 9.93. The summed E-state index contributed by atoms with van der Waals surface area (Å²) in [5, 5.41) is 6.30. The van der Waals surface area contributed by atoms with Crippen molar-refractivity contribution in [1.82, 2.24) is 15.2 Å². The van der Waals surface area contributed by atoms with Gasteiger partial charge in [0.25, 0.3) is 5.91 Å². The van der Waals surface area contributed by atoms with Crippen LogP contribution in [0.1, 0.15) is 53.6 Å². The number of carbonyl (C=O) groups is 2. The van der Waals surface area contributed by atoms with Gasteiger partial charge in [0.2, 0.25) is 5.91 Å². The van der Waals surface area contributed by atoms with Crippen LogP contribution in [0, 0.1) is 0 Å². The van der Waals surface area contributed by atoms with Gasteiger partial charge >= 0.3 is 0 Å². The third-order valence-corrected chi connectivity index (χ3v) is 6.70. The number of benzene rings is 1. The summed E-state index contributed by atoms with van der Waals surface area (Å²) in [6.45, 7) is 5.38. The molecule has 0 aliphatic carbocycles. The van der Waals surface area contributed by atoms with Crippen LogP contribution in [0.15, 0.2) is 47.2 Å². The van der Waals surface area contributed by atoms with Gasteiger partial charge in [-0.3, -0.25) is 14.6 Å². The van der Waals surface area contributed by atoms with Crippen molar-refractivity contribution in [3.05, 3.63) is 58.9 Å². The molecule has 2 aliphatic heterocycles. The Morgan fingerprint density at radius 3 is 2.86 bits per heavy atom. The molecule has 3 heterocycles. The number of fused-ring (bicyclic) bond motifs is 1. The van der Waals surface area contributed by atoms with E-state index in [1.807, 2.05) is 29.3 Å². The molecule has 8 nitrogen and oxygen atoms in total. The lowest BCUT2D eigenvalue weighted by Gasteiger charge is -2.22. The Morgan fingerprint density at radius 1 is 1.26 bits per heavy atom. The molecule has 35 heavy (non-hydrogen) atoms. The van der Waals surface area contributed by atoms with Crippen LogP contribution in [-0.2, 0) is 4.79 Å². The van der Waals surface area contributed by atoms with Crippen molar-refractivity contribution >= 4 is 57.7 Å². The van der Waals surface area contributed by atoms with Crippen LogP contribution >= 0.6 is 22.6 Å². The summed E-state index contributed by atoms with van der Waals surface area (Å²) in [5.41, 5.74) is 10.4. The molecule has 184 valence electrons. The highest BCUT2D eigenvalue weighted by Crippen LogP contribution is 2.29. The summed E-state index contributed by atoms with van der Waals surface area (Å²) >= 11 is 2.28. The molecule has 4 rings (SSSR count). The van der Waals surface area contributed by atoms with Gasteiger partial charge < -0.3 is 21.3 Å². The summed E-state index contributed by atoms with van der Waals surface area (Å²) in [5.74, 6) is 0.513. The zero-order chi connectivity index (χ0) is 24.8. The van der Waals surface area contributed by atoms with Crippen LogP contribution in [0.2, 0.25) is 0 Å². The number of amidine groups is 1. The predicted molar refractivity (Wildman–Crippen MR) is 148 cm³/mol. The van der Waals surface area contributed by atoms with Gasteiger partial charge in [0.1, 0.15) is 5.84 Å². The third kappa shape index (κ3) is 6.26. The first-order valence-corrected chi connectivity index (χ1v) is 13.5. The molecule has 2 aliphatic rings. The van der Waals surface area contributed by atoms with E-state index in [1.54, 1.807) is 18.3 Å². The second kappa shape index (κ2) is 11.8. The minimum absolute atomic E-state index is 0.0128. The highest BCUT2D eigenvalue weighted by Gasteiger charge is 2.22. The van der Waals surface area contributed by atoms with Crippen LogP contribution in [0.3, 0.4) is 0 Å². The van der Waals surface area contributed by atoms with Crippen molar-refractivity contribution in [3.8, 4) is 0 Å².